The number of urea groups is 1. The molecule has 4 rings (SSSR count). The van der Waals surface area contributed by atoms with Crippen molar-refractivity contribution in [3.63, 3.8) is 0 Å². The lowest BCUT2D eigenvalue weighted by molar-refractivity contribution is -0.142. The maximum atomic E-state index is 13.5. The zero-order valence-corrected chi connectivity index (χ0v) is 22.5. The van der Waals surface area contributed by atoms with Crippen molar-refractivity contribution in [1.82, 2.24) is 9.80 Å². The number of hydrogen-bond donors (Lipinski definition) is 0. The van der Waals surface area contributed by atoms with Crippen LogP contribution in [0, 0.1) is 5.41 Å². The van der Waals surface area contributed by atoms with Crippen LogP contribution in [0.15, 0.2) is 30.3 Å². The second kappa shape index (κ2) is 10.5. The third-order valence-electron chi connectivity index (χ3n) is 7.90. The molecule has 1 aromatic rings. The van der Waals surface area contributed by atoms with Gasteiger partial charge in [-0.3, -0.25) is 9.59 Å². The lowest BCUT2D eigenvalue weighted by atomic mass is 9.70. The van der Waals surface area contributed by atoms with E-state index >= 15 is 0 Å². The Kier molecular flexibility index (Phi) is 7.83. The molecule has 3 amide bonds. The zero-order chi connectivity index (χ0) is 25.1. The second-order valence-corrected chi connectivity index (χ2v) is 17.5. The lowest BCUT2D eigenvalue weighted by Gasteiger charge is -2.47. The largest absolute Gasteiger partial charge is 0.376 e. The van der Waals surface area contributed by atoms with Crippen LogP contribution >= 0.6 is 0 Å². The first-order valence-electron chi connectivity index (χ1n) is 13.0. The van der Waals surface area contributed by atoms with Crippen LogP contribution in [0.3, 0.4) is 0 Å². The molecule has 3 fully saturated rings. The van der Waals surface area contributed by atoms with Gasteiger partial charge in [0.25, 0.3) is 5.91 Å². The topological polar surface area (TPSA) is 76.2 Å². The van der Waals surface area contributed by atoms with E-state index in [9.17, 15) is 14.4 Å². The van der Waals surface area contributed by atoms with E-state index in [-0.39, 0.29) is 29.9 Å². The van der Waals surface area contributed by atoms with Crippen LogP contribution in [0.5, 0.6) is 0 Å². The van der Waals surface area contributed by atoms with Crippen molar-refractivity contribution in [3.8, 4) is 0 Å². The van der Waals surface area contributed by atoms with E-state index in [1.807, 2.05) is 35.2 Å². The highest BCUT2D eigenvalue weighted by Crippen LogP contribution is 2.47. The highest BCUT2D eigenvalue weighted by atomic mass is 28.3. The smallest absolute Gasteiger partial charge is 0.329 e. The van der Waals surface area contributed by atoms with Gasteiger partial charge in [0.2, 0.25) is 0 Å². The fourth-order valence-corrected chi connectivity index (χ4v) is 6.10. The Hall–Kier alpha value is -2.03. The maximum Gasteiger partial charge on any atom is 0.329 e. The van der Waals surface area contributed by atoms with Crippen LogP contribution in [0.4, 0.5) is 4.79 Å². The minimum absolute atomic E-state index is 0.0242. The highest BCUT2D eigenvalue weighted by molar-refractivity contribution is 6.76. The van der Waals surface area contributed by atoms with Gasteiger partial charge < -0.3 is 14.4 Å². The first kappa shape index (κ1) is 26.0. The minimum atomic E-state index is -1.25. The molecule has 1 aromatic carbocycles. The Morgan fingerprint density at radius 1 is 0.943 bits per heavy atom. The molecule has 0 radical (unpaired) electrons. The summed E-state index contributed by atoms with van der Waals surface area (Å²) in [4.78, 5) is 42.2. The molecule has 35 heavy (non-hydrogen) atoms. The minimum Gasteiger partial charge on any atom is -0.376 e. The van der Waals surface area contributed by atoms with Crippen LogP contribution in [-0.4, -0.2) is 67.6 Å². The standard InChI is InChI=1S/C27H40N2O5Si/c1-35(2,3)17-16-33-21-28-24(31)27(12-7-13-27)29(25(28)32)19-26(14-10-23(30)11-15-26)20-34-18-22-8-5-4-6-9-22/h4-6,8-9H,7,10-21H2,1-3H3. The van der Waals surface area contributed by atoms with Crippen molar-refractivity contribution in [2.75, 3.05) is 26.5 Å². The predicted molar refractivity (Wildman–Crippen MR) is 137 cm³/mol. The SMILES string of the molecule is C[Si](C)(C)CCOCN1C(=O)N(CC2(COCc3ccccc3)CCC(=O)CC2)C2(CCC2)C1=O. The molecule has 8 heteroatoms. The summed E-state index contributed by atoms with van der Waals surface area (Å²) >= 11 is 0. The number of rotatable bonds is 11. The van der Waals surface area contributed by atoms with E-state index in [4.69, 9.17) is 9.47 Å². The van der Waals surface area contributed by atoms with E-state index in [0.29, 0.717) is 64.9 Å². The third-order valence-corrected chi connectivity index (χ3v) is 9.61. The first-order valence-corrected chi connectivity index (χ1v) is 16.7. The number of ether oxygens (including phenoxy) is 2. The Bertz CT molecular complexity index is 915. The predicted octanol–water partition coefficient (Wildman–Crippen LogP) is 4.83. The Morgan fingerprint density at radius 3 is 2.23 bits per heavy atom. The second-order valence-electron chi connectivity index (χ2n) is 11.9. The van der Waals surface area contributed by atoms with E-state index in [2.05, 4.69) is 19.6 Å². The van der Waals surface area contributed by atoms with Gasteiger partial charge >= 0.3 is 6.03 Å². The molecule has 2 saturated carbocycles. The van der Waals surface area contributed by atoms with Gasteiger partial charge in [0.05, 0.1) is 13.2 Å². The summed E-state index contributed by atoms with van der Waals surface area (Å²) in [6.07, 6.45) is 4.70. The molecular formula is C27H40N2O5Si. The molecule has 2 aliphatic carbocycles. The van der Waals surface area contributed by atoms with E-state index in [1.54, 1.807) is 0 Å². The summed E-state index contributed by atoms with van der Waals surface area (Å²) in [5.74, 6) is 0.150. The van der Waals surface area contributed by atoms with Crippen molar-refractivity contribution in [2.24, 2.45) is 5.41 Å². The molecule has 0 N–H and O–H groups in total. The van der Waals surface area contributed by atoms with Crippen molar-refractivity contribution in [3.05, 3.63) is 35.9 Å². The van der Waals surface area contributed by atoms with Crippen LogP contribution < -0.4 is 0 Å². The third kappa shape index (κ3) is 5.86. The van der Waals surface area contributed by atoms with E-state index in [1.165, 1.54) is 4.90 Å². The Balaban J connectivity index is 1.45. The summed E-state index contributed by atoms with van der Waals surface area (Å²) < 4.78 is 12.0. The molecule has 0 unspecified atom stereocenters. The van der Waals surface area contributed by atoms with Crippen molar-refractivity contribution in [1.29, 1.82) is 0 Å². The average Bonchev–Trinajstić information content (AvgIpc) is 2.99. The van der Waals surface area contributed by atoms with Gasteiger partial charge in [0.15, 0.2) is 0 Å². The molecule has 0 atom stereocenters. The summed E-state index contributed by atoms with van der Waals surface area (Å²) in [6, 6.07) is 10.8. The zero-order valence-electron chi connectivity index (χ0n) is 21.5. The van der Waals surface area contributed by atoms with Crippen molar-refractivity contribution < 1.29 is 23.9 Å². The fraction of sp³-hybridized carbons (Fsp3) is 0.667. The van der Waals surface area contributed by atoms with Gasteiger partial charge in [-0.1, -0.05) is 50.0 Å². The molecule has 0 bridgehead atoms. The molecule has 0 aromatic heterocycles. The van der Waals surface area contributed by atoms with E-state index in [0.717, 1.165) is 18.0 Å². The van der Waals surface area contributed by atoms with Crippen LogP contribution in [0.25, 0.3) is 0 Å². The van der Waals surface area contributed by atoms with Gasteiger partial charge in [0.1, 0.15) is 18.1 Å². The van der Waals surface area contributed by atoms with Gasteiger partial charge in [-0.25, -0.2) is 9.69 Å². The summed E-state index contributed by atoms with van der Waals surface area (Å²) in [5, 5.41) is 0. The molecular weight excluding hydrogens is 460 g/mol. The summed E-state index contributed by atoms with van der Waals surface area (Å²) in [6.45, 7) is 8.84. The first-order chi connectivity index (χ1) is 16.6. The fourth-order valence-electron chi connectivity index (χ4n) is 5.35. The van der Waals surface area contributed by atoms with Crippen molar-refractivity contribution in [2.45, 2.75) is 82.8 Å². The molecule has 7 nitrogen and oxygen atoms in total. The number of amides is 3. The van der Waals surface area contributed by atoms with Crippen LogP contribution in [0.1, 0.15) is 50.5 Å². The number of ketones is 1. The quantitative estimate of drug-likeness (QED) is 0.247. The average molecular weight is 501 g/mol. The lowest BCUT2D eigenvalue weighted by Crippen LogP contribution is -2.58. The Morgan fingerprint density at radius 2 is 1.63 bits per heavy atom. The summed E-state index contributed by atoms with van der Waals surface area (Å²) in [7, 11) is -1.25. The Labute approximate surface area is 210 Å². The molecule has 1 heterocycles. The van der Waals surface area contributed by atoms with Crippen LogP contribution in [0.2, 0.25) is 25.7 Å². The number of imide groups is 1. The number of nitrogens with zero attached hydrogens (tertiary/aromatic N) is 2. The van der Waals surface area contributed by atoms with Crippen molar-refractivity contribution >= 4 is 25.8 Å². The highest BCUT2D eigenvalue weighted by Gasteiger charge is 2.61. The molecule has 3 aliphatic rings. The van der Waals surface area contributed by atoms with Crippen LogP contribution in [-0.2, 0) is 25.7 Å². The number of hydrogen-bond acceptors (Lipinski definition) is 5. The monoisotopic (exact) mass is 500 g/mol. The van der Waals surface area contributed by atoms with Gasteiger partial charge in [-0.15, -0.1) is 0 Å². The number of carbonyl (C=O) groups is 3. The van der Waals surface area contributed by atoms with Gasteiger partial charge in [-0.05, 0) is 43.7 Å². The maximum absolute atomic E-state index is 13.5. The molecule has 1 spiro atoms. The molecule has 192 valence electrons. The molecule has 1 aliphatic heterocycles. The number of carbonyl (C=O) groups excluding carboxylic acids is 3. The number of Topliss-reactive ketones (excluding diaryl/α,β-unsaturated/α-hetero) is 1. The number of benzene rings is 1. The molecule has 1 saturated heterocycles. The normalized spacial score (nSPS) is 21.6. The summed E-state index contributed by atoms with van der Waals surface area (Å²) in [5.41, 5.74) is 0.0299. The van der Waals surface area contributed by atoms with Gasteiger partial charge in [0, 0.05) is 39.5 Å². The van der Waals surface area contributed by atoms with Gasteiger partial charge in [-0.2, -0.15) is 0 Å². The van der Waals surface area contributed by atoms with E-state index < -0.39 is 13.6 Å².